The number of nitrogens with zero attached hydrogens (tertiary/aromatic N) is 1. The first-order valence-corrected chi connectivity index (χ1v) is 8.22. The van der Waals surface area contributed by atoms with Gasteiger partial charge >= 0.3 is 0 Å². The zero-order valence-corrected chi connectivity index (χ0v) is 12.1. The summed E-state index contributed by atoms with van der Waals surface area (Å²) in [7, 11) is 0. The Morgan fingerprint density at radius 1 is 1.21 bits per heavy atom. The summed E-state index contributed by atoms with van der Waals surface area (Å²) in [6.07, 6.45) is 4.40. The Bertz CT molecular complexity index is 460. The monoisotopic (exact) mass is 275 g/mol. The third-order valence-corrected chi connectivity index (χ3v) is 6.25. The number of rotatable bonds is 3. The van der Waals surface area contributed by atoms with Gasteiger partial charge in [-0.15, -0.1) is 11.6 Å². The molecular weight excluding hydrogens is 254 g/mol. The minimum Gasteiger partial charge on any atom is -0.301 e. The number of hydrogen-bond acceptors (Lipinski definition) is 1. The highest BCUT2D eigenvalue weighted by molar-refractivity contribution is 6.18. The van der Waals surface area contributed by atoms with Crippen molar-refractivity contribution < 1.29 is 0 Å². The Kier molecular flexibility index (Phi) is 2.89. The van der Waals surface area contributed by atoms with Crippen LogP contribution >= 0.6 is 11.6 Å². The van der Waals surface area contributed by atoms with Gasteiger partial charge in [0.05, 0.1) is 0 Å². The van der Waals surface area contributed by atoms with Crippen LogP contribution in [0.5, 0.6) is 0 Å². The van der Waals surface area contributed by atoms with Crippen LogP contribution in [0.4, 0.5) is 0 Å². The molecule has 102 valence electrons. The van der Waals surface area contributed by atoms with Crippen LogP contribution in [0, 0.1) is 17.8 Å². The molecule has 0 radical (unpaired) electrons. The number of halogens is 1. The van der Waals surface area contributed by atoms with Gasteiger partial charge in [-0.05, 0) is 42.6 Å². The summed E-state index contributed by atoms with van der Waals surface area (Å²) in [4.78, 5) is 2.62. The predicted molar refractivity (Wildman–Crippen MR) is 79.6 cm³/mol. The van der Waals surface area contributed by atoms with Crippen molar-refractivity contribution in [2.24, 2.45) is 17.8 Å². The minimum absolute atomic E-state index is 0.455. The lowest BCUT2D eigenvalue weighted by Gasteiger charge is -2.39. The highest BCUT2D eigenvalue weighted by Crippen LogP contribution is 2.63. The Hall–Kier alpha value is -0.530. The van der Waals surface area contributed by atoms with E-state index in [2.05, 4.69) is 35.2 Å². The molecule has 1 nitrogen and oxygen atoms in total. The SMILES string of the molecule is ClCCN1C[C@H]2[C@H]3CC[C@H](C3)[C@@]2(c2ccccc2)C1. The van der Waals surface area contributed by atoms with Crippen molar-refractivity contribution in [1.82, 2.24) is 4.90 Å². The topological polar surface area (TPSA) is 3.24 Å². The van der Waals surface area contributed by atoms with Crippen molar-refractivity contribution in [1.29, 1.82) is 0 Å². The van der Waals surface area contributed by atoms with Crippen LogP contribution in [0.2, 0.25) is 0 Å². The molecule has 4 rings (SSSR count). The van der Waals surface area contributed by atoms with E-state index in [4.69, 9.17) is 11.6 Å². The third-order valence-electron chi connectivity index (χ3n) is 6.08. The Morgan fingerprint density at radius 2 is 2.05 bits per heavy atom. The summed E-state index contributed by atoms with van der Waals surface area (Å²) < 4.78 is 0. The Labute approximate surface area is 120 Å². The van der Waals surface area contributed by atoms with Gasteiger partial charge in [0.25, 0.3) is 0 Å². The molecule has 1 aromatic carbocycles. The van der Waals surface area contributed by atoms with Crippen molar-refractivity contribution in [3.63, 3.8) is 0 Å². The average Bonchev–Trinajstić information content (AvgIpc) is 3.10. The van der Waals surface area contributed by atoms with Gasteiger partial charge in [-0.1, -0.05) is 30.3 Å². The maximum absolute atomic E-state index is 5.98. The molecule has 2 saturated carbocycles. The highest BCUT2D eigenvalue weighted by atomic mass is 35.5. The molecule has 1 aliphatic heterocycles. The van der Waals surface area contributed by atoms with Gasteiger partial charge in [0.15, 0.2) is 0 Å². The molecule has 0 amide bonds. The number of fused-ring (bicyclic) bond motifs is 5. The van der Waals surface area contributed by atoms with Crippen LogP contribution in [-0.4, -0.2) is 30.4 Å². The van der Waals surface area contributed by atoms with E-state index in [1.54, 1.807) is 5.56 Å². The summed E-state index contributed by atoms with van der Waals surface area (Å²) in [6, 6.07) is 11.3. The van der Waals surface area contributed by atoms with Crippen LogP contribution in [0.15, 0.2) is 30.3 Å². The van der Waals surface area contributed by atoms with Crippen molar-refractivity contribution in [3.05, 3.63) is 35.9 Å². The molecular formula is C17H22ClN. The molecule has 1 heterocycles. The van der Waals surface area contributed by atoms with Crippen LogP contribution in [0.3, 0.4) is 0 Å². The standard InChI is InChI=1S/C17H22ClN/c18-8-9-19-11-16-13-6-7-15(10-13)17(16,12-19)14-4-2-1-3-5-14/h1-5,13,15-16H,6-12H2/t13-,15+,16-,17-/m0/s1. The molecule has 2 aliphatic carbocycles. The van der Waals surface area contributed by atoms with E-state index < -0.39 is 0 Å². The zero-order chi connectivity index (χ0) is 12.9. The molecule has 19 heavy (non-hydrogen) atoms. The Balaban J connectivity index is 1.74. The summed E-state index contributed by atoms with van der Waals surface area (Å²) in [6.45, 7) is 3.59. The van der Waals surface area contributed by atoms with Gasteiger partial charge < -0.3 is 4.90 Å². The summed E-state index contributed by atoms with van der Waals surface area (Å²) in [5.74, 6) is 3.56. The molecule has 0 N–H and O–H groups in total. The fraction of sp³-hybridized carbons (Fsp3) is 0.647. The molecule has 3 fully saturated rings. The quantitative estimate of drug-likeness (QED) is 0.763. The number of alkyl halides is 1. The van der Waals surface area contributed by atoms with E-state index >= 15 is 0 Å². The molecule has 0 spiro atoms. The van der Waals surface area contributed by atoms with Crippen molar-refractivity contribution in [3.8, 4) is 0 Å². The summed E-state index contributed by atoms with van der Waals surface area (Å²) in [5, 5.41) is 0. The van der Waals surface area contributed by atoms with E-state index in [1.165, 1.54) is 32.4 Å². The lowest BCUT2D eigenvalue weighted by atomic mass is 9.64. The van der Waals surface area contributed by atoms with Crippen molar-refractivity contribution in [2.45, 2.75) is 24.7 Å². The normalized spacial score (nSPS) is 40.8. The van der Waals surface area contributed by atoms with Crippen LogP contribution in [0.25, 0.3) is 0 Å². The van der Waals surface area contributed by atoms with Crippen molar-refractivity contribution >= 4 is 11.6 Å². The number of likely N-dealkylation sites (tertiary alicyclic amines) is 1. The van der Waals surface area contributed by atoms with Gasteiger partial charge in [-0.2, -0.15) is 0 Å². The smallest absolute Gasteiger partial charge is 0.0351 e. The molecule has 2 bridgehead atoms. The Morgan fingerprint density at radius 3 is 2.84 bits per heavy atom. The fourth-order valence-corrected chi connectivity index (χ4v) is 5.66. The average molecular weight is 276 g/mol. The second kappa shape index (κ2) is 4.49. The van der Waals surface area contributed by atoms with E-state index in [0.29, 0.717) is 5.41 Å². The first-order chi connectivity index (χ1) is 9.34. The first-order valence-electron chi connectivity index (χ1n) is 7.68. The first kappa shape index (κ1) is 12.2. The molecule has 3 aliphatic rings. The maximum atomic E-state index is 5.98. The van der Waals surface area contributed by atoms with E-state index in [-0.39, 0.29) is 0 Å². The zero-order valence-electron chi connectivity index (χ0n) is 11.4. The van der Waals surface area contributed by atoms with E-state index in [9.17, 15) is 0 Å². The second-order valence-corrected chi connectivity index (χ2v) is 7.09. The molecule has 1 aromatic rings. The molecule has 1 saturated heterocycles. The highest BCUT2D eigenvalue weighted by Gasteiger charge is 2.62. The van der Waals surface area contributed by atoms with E-state index in [0.717, 1.165) is 30.2 Å². The number of benzene rings is 1. The summed E-state index contributed by atoms with van der Waals surface area (Å²) >= 11 is 5.98. The van der Waals surface area contributed by atoms with Crippen molar-refractivity contribution in [2.75, 3.05) is 25.5 Å². The second-order valence-electron chi connectivity index (χ2n) is 6.71. The molecule has 0 unspecified atom stereocenters. The third kappa shape index (κ3) is 1.64. The van der Waals surface area contributed by atoms with E-state index in [1.807, 2.05) is 0 Å². The van der Waals surface area contributed by atoms with Crippen LogP contribution in [-0.2, 0) is 5.41 Å². The summed E-state index contributed by atoms with van der Waals surface area (Å²) in [5.41, 5.74) is 2.06. The van der Waals surface area contributed by atoms with Gasteiger partial charge in [-0.25, -0.2) is 0 Å². The lowest BCUT2D eigenvalue weighted by Crippen LogP contribution is -2.40. The van der Waals surface area contributed by atoms with Gasteiger partial charge in [0, 0.05) is 30.9 Å². The maximum Gasteiger partial charge on any atom is 0.0351 e. The largest absolute Gasteiger partial charge is 0.301 e. The molecule has 0 aromatic heterocycles. The predicted octanol–water partition coefficient (Wildman–Crippen LogP) is 3.52. The van der Waals surface area contributed by atoms with Gasteiger partial charge in [0.2, 0.25) is 0 Å². The molecule has 4 atom stereocenters. The van der Waals surface area contributed by atoms with Gasteiger partial charge in [-0.3, -0.25) is 0 Å². The minimum atomic E-state index is 0.455. The number of hydrogen-bond donors (Lipinski definition) is 0. The van der Waals surface area contributed by atoms with Gasteiger partial charge in [0.1, 0.15) is 0 Å². The van der Waals surface area contributed by atoms with Crippen LogP contribution < -0.4 is 0 Å². The van der Waals surface area contributed by atoms with Crippen LogP contribution in [0.1, 0.15) is 24.8 Å². The molecule has 2 heteroatoms. The lowest BCUT2D eigenvalue weighted by molar-refractivity contribution is 0.222. The fourth-order valence-electron chi connectivity index (χ4n) is 5.42.